The van der Waals surface area contributed by atoms with E-state index in [0.29, 0.717) is 27.5 Å². The van der Waals surface area contributed by atoms with E-state index in [4.69, 9.17) is 11.6 Å². The first-order valence-electron chi connectivity index (χ1n) is 8.45. The molecule has 28 heavy (non-hydrogen) atoms. The maximum Gasteiger partial charge on any atom is 0.270 e. The number of nitrogens with zero attached hydrogens (tertiary/aromatic N) is 1. The number of rotatable bonds is 4. The molecule has 0 saturated heterocycles. The van der Waals surface area contributed by atoms with Gasteiger partial charge in [-0.2, -0.15) is 0 Å². The molecule has 138 valence electrons. The van der Waals surface area contributed by atoms with E-state index in [1.54, 1.807) is 30.3 Å². The summed E-state index contributed by atoms with van der Waals surface area (Å²) in [6.45, 7) is 0. The minimum absolute atomic E-state index is 0.0772. The molecule has 6 nitrogen and oxygen atoms in total. The summed E-state index contributed by atoms with van der Waals surface area (Å²) >= 11 is 5.96. The van der Waals surface area contributed by atoms with E-state index >= 15 is 0 Å². The summed E-state index contributed by atoms with van der Waals surface area (Å²) in [5.41, 5.74) is 3.37. The molecule has 1 amide bonds. The molecule has 7 heteroatoms. The zero-order chi connectivity index (χ0) is 19.7. The van der Waals surface area contributed by atoms with Crippen molar-refractivity contribution in [2.24, 2.45) is 0 Å². The van der Waals surface area contributed by atoms with Crippen LogP contribution in [0.2, 0.25) is 5.02 Å². The molecule has 1 aliphatic heterocycles. The molecule has 0 bridgehead atoms. The fourth-order valence-corrected chi connectivity index (χ4v) is 3.20. The van der Waals surface area contributed by atoms with Crippen molar-refractivity contribution >= 4 is 45.8 Å². The fraction of sp³-hybridized carbons (Fsp3) is 0. The van der Waals surface area contributed by atoms with Gasteiger partial charge in [-0.15, -0.1) is 0 Å². The molecule has 0 fully saturated rings. The first-order valence-corrected chi connectivity index (χ1v) is 8.83. The smallest absolute Gasteiger partial charge is 0.270 e. The lowest BCUT2D eigenvalue weighted by Gasteiger charge is -2.14. The number of benzene rings is 3. The van der Waals surface area contributed by atoms with Gasteiger partial charge >= 0.3 is 0 Å². The number of hydrogen-bond donors (Lipinski definition) is 2. The van der Waals surface area contributed by atoms with Gasteiger partial charge in [-0.25, -0.2) is 0 Å². The normalized spacial score (nSPS) is 14.2. The Labute approximate surface area is 165 Å². The van der Waals surface area contributed by atoms with Gasteiger partial charge in [0.25, 0.3) is 11.6 Å². The molecule has 3 aromatic rings. The summed E-state index contributed by atoms with van der Waals surface area (Å²) in [6, 6.07) is 20.7. The molecular formula is C21H14ClN3O3. The van der Waals surface area contributed by atoms with Gasteiger partial charge in [0.1, 0.15) is 0 Å². The van der Waals surface area contributed by atoms with Crippen LogP contribution in [0.3, 0.4) is 0 Å². The molecule has 0 aliphatic carbocycles. The van der Waals surface area contributed by atoms with Crippen LogP contribution in [-0.4, -0.2) is 10.8 Å². The Kier molecular flexibility index (Phi) is 4.55. The highest BCUT2D eigenvalue weighted by Gasteiger charge is 2.30. The number of anilines is 2. The van der Waals surface area contributed by atoms with E-state index in [2.05, 4.69) is 10.6 Å². The highest BCUT2D eigenvalue weighted by Crippen LogP contribution is 2.39. The molecular weight excluding hydrogens is 378 g/mol. The number of nitro benzene ring substituents is 1. The van der Waals surface area contributed by atoms with Gasteiger partial charge in [-0.05, 0) is 35.9 Å². The van der Waals surface area contributed by atoms with Gasteiger partial charge in [-0.1, -0.05) is 41.9 Å². The van der Waals surface area contributed by atoms with Crippen molar-refractivity contribution in [2.75, 3.05) is 10.6 Å². The highest BCUT2D eigenvalue weighted by molar-refractivity contribution is 6.37. The Morgan fingerprint density at radius 3 is 2.39 bits per heavy atom. The summed E-state index contributed by atoms with van der Waals surface area (Å²) in [7, 11) is 0. The fourth-order valence-electron chi connectivity index (χ4n) is 3.08. The SMILES string of the molecule is O=C1Nc2ccc([N+](=O)[O-])cc2/C1=C(/Nc1ccc(Cl)cc1)c1ccccc1. The minimum atomic E-state index is -0.477. The molecule has 1 heterocycles. The van der Waals surface area contributed by atoms with Gasteiger partial charge in [0.15, 0.2) is 0 Å². The van der Waals surface area contributed by atoms with Crippen LogP contribution in [0.1, 0.15) is 11.1 Å². The number of hydrogen-bond acceptors (Lipinski definition) is 4. The van der Waals surface area contributed by atoms with Crippen LogP contribution >= 0.6 is 11.6 Å². The highest BCUT2D eigenvalue weighted by atomic mass is 35.5. The summed E-state index contributed by atoms with van der Waals surface area (Å²) in [5, 5.41) is 17.9. The van der Waals surface area contributed by atoms with Crippen molar-refractivity contribution in [1.82, 2.24) is 0 Å². The number of nitrogens with one attached hydrogen (secondary N) is 2. The molecule has 0 spiro atoms. The topological polar surface area (TPSA) is 84.3 Å². The first kappa shape index (κ1) is 17.8. The molecule has 0 atom stereocenters. The Hall–Kier alpha value is -3.64. The van der Waals surface area contributed by atoms with Crippen LogP contribution in [0, 0.1) is 10.1 Å². The monoisotopic (exact) mass is 391 g/mol. The molecule has 0 aromatic heterocycles. The number of carbonyl (C=O) groups is 1. The second kappa shape index (κ2) is 7.17. The van der Waals surface area contributed by atoms with Crippen LogP contribution in [0.25, 0.3) is 11.3 Å². The molecule has 0 radical (unpaired) electrons. The van der Waals surface area contributed by atoms with E-state index in [1.807, 2.05) is 30.3 Å². The lowest BCUT2D eigenvalue weighted by molar-refractivity contribution is -0.384. The molecule has 3 aromatic carbocycles. The summed E-state index contributed by atoms with van der Waals surface area (Å²) < 4.78 is 0. The Bertz CT molecular complexity index is 1110. The van der Waals surface area contributed by atoms with Gasteiger partial charge in [0.05, 0.1) is 16.2 Å². The van der Waals surface area contributed by atoms with Crippen LogP contribution in [-0.2, 0) is 4.79 Å². The van der Waals surface area contributed by atoms with Gasteiger partial charge in [0, 0.05) is 34.1 Å². The molecule has 0 saturated carbocycles. The standard InChI is InChI=1S/C21H14ClN3O3/c22-14-6-8-15(9-7-14)23-20(13-4-2-1-3-5-13)19-17-12-16(25(27)28)10-11-18(17)24-21(19)26/h1-12,23H,(H,24,26)/b20-19-. The predicted molar refractivity (Wildman–Crippen MR) is 110 cm³/mol. The van der Waals surface area contributed by atoms with Gasteiger partial charge < -0.3 is 10.6 Å². The molecule has 2 N–H and O–H groups in total. The maximum absolute atomic E-state index is 12.8. The van der Waals surface area contributed by atoms with Crippen molar-refractivity contribution in [3.8, 4) is 0 Å². The van der Waals surface area contributed by atoms with E-state index in [1.165, 1.54) is 12.1 Å². The van der Waals surface area contributed by atoms with Crippen molar-refractivity contribution < 1.29 is 9.72 Å². The number of nitro groups is 1. The largest absolute Gasteiger partial charge is 0.354 e. The molecule has 4 rings (SSSR count). The Morgan fingerprint density at radius 2 is 1.71 bits per heavy atom. The van der Waals surface area contributed by atoms with E-state index < -0.39 is 4.92 Å². The van der Waals surface area contributed by atoms with E-state index in [0.717, 1.165) is 11.3 Å². The van der Waals surface area contributed by atoms with Crippen LogP contribution in [0.5, 0.6) is 0 Å². The zero-order valence-electron chi connectivity index (χ0n) is 14.5. The Morgan fingerprint density at radius 1 is 1.00 bits per heavy atom. The van der Waals surface area contributed by atoms with Crippen molar-refractivity contribution in [2.45, 2.75) is 0 Å². The predicted octanol–water partition coefficient (Wildman–Crippen LogP) is 5.18. The lowest BCUT2D eigenvalue weighted by Crippen LogP contribution is -2.10. The average molecular weight is 392 g/mol. The number of fused-ring (bicyclic) bond motifs is 1. The van der Waals surface area contributed by atoms with Crippen LogP contribution < -0.4 is 10.6 Å². The zero-order valence-corrected chi connectivity index (χ0v) is 15.2. The number of halogens is 1. The van der Waals surface area contributed by atoms with Crippen LogP contribution in [0.4, 0.5) is 17.1 Å². The molecule has 0 unspecified atom stereocenters. The van der Waals surface area contributed by atoms with E-state index in [9.17, 15) is 14.9 Å². The van der Waals surface area contributed by atoms with Crippen LogP contribution in [0.15, 0.2) is 72.8 Å². The maximum atomic E-state index is 12.8. The lowest BCUT2D eigenvalue weighted by atomic mass is 9.99. The summed E-state index contributed by atoms with van der Waals surface area (Å²) in [4.78, 5) is 23.5. The molecule has 1 aliphatic rings. The van der Waals surface area contributed by atoms with Gasteiger partial charge in [-0.3, -0.25) is 14.9 Å². The quantitative estimate of drug-likeness (QED) is 0.364. The Balaban J connectivity index is 1.92. The third-order valence-corrected chi connectivity index (χ3v) is 4.64. The summed E-state index contributed by atoms with van der Waals surface area (Å²) in [6.07, 6.45) is 0. The van der Waals surface area contributed by atoms with Crippen molar-refractivity contribution in [1.29, 1.82) is 0 Å². The third-order valence-electron chi connectivity index (χ3n) is 4.38. The second-order valence-corrected chi connectivity index (χ2v) is 6.63. The average Bonchev–Trinajstić information content (AvgIpc) is 3.03. The third kappa shape index (κ3) is 3.33. The second-order valence-electron chi connectivity index (χ2n) is 6.19. The van der Waals surface area contributed by atoms with E-state index in [-0.39, 0.29) is 11.6 Å². The number of carbonyl (C=O) groups excluding carboxylic acids is 1. The van der Waals surface area contributed by atoms with Crippen molar-refractivity contribution in [3.63, 3.8) is 0 Å². The minimum Gasteiger partial charge on any atom is -0.354 e. The summed E-state index contributed by atoms with van der Waals surface area (Å²) in [5.74, 6) is -0.323. The first-order chi connectivity index (χ1) is 13.5. The number of amides is 1. The van der Waals surface area contributed by atoms with Crippen molar-refractivity contribution in [3.05, 3.63) is 99.1 Å². The van der Waals surface area contributed by atoms with Gasteiger partial charge in [0.2, 0.25) is 0 Å². The number of non-ortho nitro benzene ring substituents is 1.